The molecule has 1 atom stereocenters. The van der Waals surface area contributed by atoms with Crippen molar-refractivity contribution in [2.45, 2.75) is 26.3 Å². The lowest BCUT2D eigenvalue weighted by atomic mass is 10.1. The second-order valence-electron chi connectivity index (χ2n) is 2.54. The van der Waals surface area contributed by atoms with Crippen molar-refractivity contribution in [2.75, 3.05) is 5.33 Å². The largest absolute Gasteiger partial charge is 0.327 e. The highest BCUT2D eigenvalue weighted by molar-refractivity contribution is 9.09. The molecule has 1 unspecified atom stereocenters. The number of nitrogens with two attached hydrogens (primary N) is 1. The topological polar surface area (TPSA) is 26.0 Å². The van der Waals surface area contributed by atoms with E-state index in [1.54, 1.807) is 0 Å². The molecule has 0 radical (unpaired) electrons. The van der Waals surface area contributed by atoms with Crippen LogP contribution in [0, 0.1) is 5.92 Å². The number of rotatable bonds is 3. The van der Waals surface area contributed by atoms with Crippen LogP contribution in [0.1, 0.15) is 20.3 Å². The SMILES string of the molecule is CC(C)CC(N)CBr. The van der Waals surface area contributed by atoms with Gasteiger partial charge in [0.1, 0.15) is 0 Å². The van der Waals surface area contributed by atoms with E-state index in [0.717, 1.165) is 17.7 Å². The van der Waals surface area contributed by atoms with Gasteiger partial charge in [-0.3, -0.25) is 0 Å². The molecule has 0 saturated heterocycles. The van der Waals surface area contributed by atoms with Crippen LogP contribution < -0.4 is 5.73 Å². The monoisotopic (exact) mass is 179 g/mol. The molecule has 2 heteroatoms. The molecule has 0 aliphatic rings. The molecule has 8 heavy (non-hydrogen) atoms. The Morgan fingerprint density at radius 1 is 1.50 bits per heavy atom. The first-order valence-electron chi connectivity index (χ1n) is 2.98. The third-order valence-corrected chi connectivity index (χ3v) is 1.80. The molecule has 0 bridgehead atoms. The Balaban J connectivity index is 3.10. The number of hydrogen-bond donors (Lipinski definition) is 1. The van der Waals surface area contributed by atoms with Crippen LogP contribution in [-0.4, -0.2) is 11.4 Å². The van der Waals surface area contributed by atoms with Crippen molar-refractivity contribution in [3.05, 3.63) is 0 Å². The van der Waals surface area contributed by atoms with Gasteiger partial charge in [-0.2, -0.15) is 0 Å². The molecule has 0 rings (SSSR count). The summed E-state index contributed by atoms with van der Waals surface area (Å²) in [6, 6.07) is 0.343. The van der Waals surface area contributed by atoms with Crippen LogP contribution in [0.5, 0.6) is 0 Å². The average Bonchev–Trinajstić information content (AvgIpc) is 1.65. The summed E-state index contributed by atoms with van der Waals surface area (Å²) in [5.74, 6) is 0.725. The molecular formula is C6H14BrN. The van der Waals surface area contributed by atoms with Crippen LogP contribution in [0.15, 0.2) is 0 Å². The summed E-state index contributed by atoms with van der Waals surface area (Å²) in [4.78, 5) is 0. The van der Waals surface area contributed by atoms with Crippen LogP contribution >= 0.6 is 15.9 Å². The Kier molecular flexibility index (Phi) is 4.57. The zero-order valence-corrected chi connectivity index (χ0v) is 7.11. The van der Waals surface area contributed by atoms with E-state index in [-0.39, 0.29) is 0 Å². The Bertz CT molecular complexity index is 54.5. The Morgan fingerprint density at radius 3 is 2.12 bits per heavy atom. The summed E-state index contributed by atoms with van der Waals surface area (Å²) in [6.07, 6.45) is 1.12. The first-order valence-corrected chi connectivity index (χ1v) is 4.10. The number of halogens is 1. The average molecular weight is 180 g/mol. The lowest BCUT2D eigenvalue weighted by molar-refractivity contribution is 0.526. The molecule has 0 spiro atoms. The van der Waals surface area contributed by atoms with E-state index < -0.39 is 0 Å². The number of hydrogen-bond acceptors (Lipinski definition) is 1. The van der Waals surface area contributed by atoms with E-state index in [1.807, 2.05) is 0 Å². The van der Waals surface area contributed by atoms with Crippen molar-refractivity contribution in [2.24, 2.45) is 11.7 Å². The summed E-state index contributed by atoms with van der Waals surface area (Å²) < 4.78 is 0. The second kappa shape index (κ2) is 4.33. The van der Waals surface area contributed by atoms with Crippen LogP contribution in [-0.2, 0) is 0 Å². The highest BCUT2D eigenvalue weighted by Gasteiger charge is 2.01. The van der Waals surface area contributed by atoms with Crippen molar-refractivity contribution in [3.63, 3.8) is 0 Å². The molecule has 0 fully saturated rings. The molecule has 1 nitrogen and oxygen atoms in total. The minimum absolute atomic E-state index is 0.343. The maximum absolute atomic E-state index is 5.63. The molecule has 0 amide bonds. The van der Waals surface area contributed by atoms with Crippen molar-refractivity contribution in [1.29, 1.82) is 0 Å². The van der Waals surface area contributed by atoms with Crippen molar-refractivity contribution in [1.82, 2.24) is 0 Å². The number of alkyl halides is 1. The lowest BCUT2D eigenvalue weighted by Gasteiger charge is -2.09. The van der Waals surface area contributed by atoms with Gasteiger partial charge in [-0.25, -0.2) is 0 Å². The second-order valence-corrected chi connectivity index (χ2v) is 3.19. The van der Waals surface area contributed by atoms with Gasteiger partial charge in [0.25, 0.3) is 0 Å². The van der Waals surface area contributed by atoms with Gasteiger partial charge >= 0.3 is 0 Å². The summed E-state index contributed by atoms with van der Waals surface area (Å²) in [5.41, 5.74) is 5.63. The lowest BCUT2D eigenvalue weighted by Crippen LogP contribution is -2.23. The van der Waals surface area contributed by atoms with E-state index in [2.05, 4.69) is 29.8 Å². The van der Waals surface area contributed by atoms with E-state index in [9.17, 15) is 0 Å². The fourth-order valence-electron chi connectivity index (χ4n) is 0.668. The van der Waals surface area contributed by atoms with E-state index >= 15 is 0 Å². The molecule has 0 aromatic carbocycles. The van der Waals surface area contributed by atoms with E-state index in [0.29, 0.717) is 6.04 Å². The van der Waals surface area contributed by atoms with Gasteiger partial charge in [-0.15, -0.1) is 0 Å². The predicted octanol–water partition coefficient (Wildman–Crippen LogP) is 1.75. The van der Waals surface area contributed by atoms with Crippen molar-refractivity contribution < 1.29 is 0 Å². The third kappa shape index (κ3) is 4.60. The Morgan fingerprint density at radius 2 is 2.00 bits per heavy atom. The molecule has 50 valence electrons. The quantitative estimate of drug-likeness (QED) is 0.658. The van der Waals surface area contributed by atoms with Gasteiger partial charge < -0.3 is 5.73 Å². The molecule has 0 saturated carbocycles. The molecular weight excluding hydrogens is 166 g/mol. The van der Waals surface area contributed by atoms with Crippen molar-refractivity contribution in [3.8, 4) is 0 Å². The zero-order valence-electron chi connectivity index (χ0n) is 5.52. The maximum Gasteiger partial charge on any atom is 0.0183 e. The Labute approximate surface area is 59.8 Å². The zero-order chi connectivity index (χ0) is 6.57. The van der Waals surface area contributed by atoms with Gasteiger partial charge in [-0.1, -0.05) is 29.8 Å². The fourth-order valence-corrected chi connectivity index (χ4v) is 0.933. The van der Waals surface area contributed by atoms with Crippen LogP contribution in [0.25, 0.3) is 0 Å². The van der Waals surface area contributed by atoms with E-state index in [1.165, 1.54) is 0 Å². The summed E-state index contributed by atoms with van der Waals surface area (Å²) in [7, 11) is 0. The Hall–Kier alpha value is 0.440. The third-order valence-electron chi connectivity index (χ3n) is 0.972. The van der Waals surface area contributed by atoms with Gasteiger partial charge in [0, 0.05) is 11.4 Å². The molecule has 0 heterocycles. The first-order chi connectivity index (χ1) is 3.66. The van der Waals surface area contributed by atoms with Gasteiger partial charge in [-0.05, 0) is 12.3 Å². The smallest absolute Gasteiger partial charge is 0.0183 e. The summed E-state index contributed by atoms with van der Waals surface area (Å²) in [6.45, 7) is 4.37. The van der Waals surface area contributed by atoms with Gasteiger partial charge in [0.2, 0.25) is 0 Å². The molecule has 0 aliphatic carbocycles. The molecule has 0 aromatic heterocycles. The standard InChI is InChI=1S/C6H14BrN/c1-5(2)3-6(8)4-7/h5-6H,3-4,8H2,1-2H3. The van der Waals surface area contributed by atoms with Gasteiger partial charge in [0.05, 0.1) is 0 Å². The summed E-state index contributed by atoms with van der Waals surface area (Å²) >= 11 is 3.32. The van der Waals surface area contributed by atoms with Crippen LogP contribution in [0.4, 0.5) is 0 Å². The normalized spacial score (nSPS) is 14.6. The van der Waals surface area contributed by atoms with E-state index in [4.69, 9.17) is 5.73 Å². The fraction of sp³-hybridized carbons (Fsp3) is 1.00. The predicted molar refractivity (Wildman–Crippen MR) is 41.2 cm³/mol. The van der Waals surface area contributed by atoms with Crippen molar-refractivity contribution >= 4 is 15.9 Å². The van der Waals surface area contributed by atoms with Crippen LogP contribution in [0.2, 0.25) is 0 Å². The van der Waals surface area contributed by atoms with Gasteiger partial charge in [0.15, 0.2) is 0 Å². The molecule has 0 aromatic rings. The maximum atomic E-state index is 5.63. The van der Waals surface area contributed by atoms with Crippen LogP contribution in [0.3, 0.4) is 0 Å². The highest BCUT2D eigenvalue weighted by Crippen LogP contribution is 2.03. The minimum atomic E-state index is 0.343. The molecule has 2 N–H and O–H groups in total. The minimum Gasteiger partial charge on any atom is -0.327 e. The highest BCUT2D eigenvalue weighted by atomic mass is 79.9. The molecule has 0 aliphatic heterocycles. The first kappa shape index (κ1) is 8.44. The summed E-state index contributed by atoms with van der Waals surface area (Å²) in [5, 5.41) is 0.922.